The summed E-state index contributed by atoms with van der Waals surface area (Å²) in [5.74, 6) is -0.349. The number of rotatable bonds is 8. The van der Waals surface area contributed by atoms with Crippen LogP contribution in [0.15, 0.2) is 11.6 Å². The first kappa shape index (κ1) is 15.2. The van der Waals surface area contributed by atoms with Gasteiger partial charge in [0, 0.05) is 0 Å². The fourth-order valence-electron chi connectivity index (χ4n) is 2.24. The Kier molecular flexibility index (Phi) is 7.02. The molecule has 1 N–H and O–H groups in total. The second-order valence-electron chi connectivity index (χ2n) is 5.12. The van der Waals surface area contributed by atoms with Crippen LogP contribution in [0.5, 0.6) is 0 Å². The molecular formula is C15H26O3. The van der Waals surface area contributed by atoms with Crippen molar-refractivity contribution < 1.29 is 14.6 Å². The van der Waals surface area contributed by atoms with E-state index in [2.05, 4.69) is 6.92 Å². The van der Waals surface area contributed by atoms with Crippen molar-refractivity contribution in [2.24, 2.45) is 0 Å². The lowest BCUT2D eigenvalue weighted by atomic mass is 10.0. The number of hydrogen-bond donors (Lipinski definition) is 1. The molecule has 0 amide bonds. The highest BCUT2D eigenvalue weighted by Crippen LogP contribution is 2.21. The lowest BCUT2D eigenvalue weighted by Gasteiger charge is -2.04. The van der Waals surface area contributed by atoms with Gasteiger partial charge in [-0.25, -0.2) is 4.79 Å². The minimum Gasteiger partial charge on any atom is -0.456 e. The summed E-state index contributed by atoms with van der Waals surface area (Å²) in [5, 5.41) is 9.71. The van der Waals surface area contributed by atoms with Gasteiger partial charge in [-0.15, -0.1) is 0 Å². The van der Waals surface area contributed by atoms with Gasteiger partial charge < -0.3 is 9.84 Å². The fourth-order valence-corrected chi connectivity index (χ4v) is 2.24. The molecule has 0 aromatic carbocycles. The van der Waals surface area contributed by atoms with Crippen LogP contribution >= 0.6 is 0 Å². The number of unbranched alkanes of at least 4 members (excludes halogenated alkanes) is 7. The van der Waals surface area contributed by atoms with E-state index >= 15 is 0 Å². The maximum atomic E-state index is 11.4. The average molecular weight is 254 g/mol. The Balaban J connectivity index is 2.11. The van der Waals surface area contributed by atoms with Gasteiger partial charge in [0.1, 0.15) is 12.2 Å². The second kappa shape index (κ2) is 8.30. The van der Waals surface area contributed by atoms with Gasteiger partial charge in [0.05, 0.1) is 5.57 Å². The quantitative estimate of drug-likeness (QED) is 0.410. The zero-order chi connectivity index (χ0) is 13.4. The van der Waals surface area contributed by atoms with Crippen molar-refractivity contribution in [3.8, 4) is 0 Å². The molecule has 1 saturated heterocycles. The van der Waals surface area contributed by atoms with Crippen LogP contribution in [0.2, 0.25) is 0 Å². The first-order chi connectivity index (χ1) is 8.66. The smallest absolute Gasteiger partial charge is 0.336 e. The highest BCUT2D eigenvalue weighted by molar-refractivity contribution is 5.92. The predicted molar refractivity (Wildman–Crippen MR) is 72.3 cm³/mol. The van der Waals surface area contributed by atoms with E-state index < -0.39 is 12.2 Å². The minimum atomic E-state index is -0.734. The van der Waals surface area contributed by atoms with Gasteiger partial charge in [0.2, 0.25) is 0 Å². The Morgan fingerprint density at radius 2 is 1.78 bits per heavy atom. The Labute approximate surface area is 110 Å². The van der Waals surface area contributed by atoms with Crippen LogP contribution in [0.4, 0.5) is 0 Å². The van der Waals surface area contributed by atoms with Crippen LogP contribution in [0.1, 0.15) is 65.2 Å². The third kappa shape index (κ3) is 4.81. The normalized spacial score (nSPS) is 25.7. The van der Waals surface area contributed by atoms with Crippen LogP contribution in [-0.2, 0) is 9.53 Å². The fraction of sp³-hybridized carbons (Fsp3) is 0.800. The number of carbonyl (C=O) groups excluding carboxylic acids is 1. The summed E-state index contributed by atoms with van der Waals surface area (Å²) < 4.78 is 4.95. The number of aliphatic hydroxyl groups excluding tert-OH is 1. The van der Waals surface area contributed by atoms with Crippen LogP contribution in [0.25, 0.3) is 0 Å². The van der Waals surface area contributed by atoms with Crippen molar-refractivity contribution in [1.82, 2.24) is 0 Å². The lowest BCUT2D eigenvalue weighted by molar-refractivity contribution is -0.138. The molecule has 0 unspecified atom stereocenters. The SMILES string of the molecule is CCCCCCCCC/C=C1/C(=O)O[C@H](C)[C@H]1O. The molecule has 0 spiro atoms. The molecule has 0 radical (unpaired) electrons. The number of hydrogen-bond acceptors (Lipinski definition) is 3. The van der Waals surface area contributed by atoms with E-state index in [9.17, 15) is 9.90 Å². The summed E-state index contributed by atoms with van der Waals surface area (Å²) in [5.41, 5.74) is 0.452. The average Bonchev–Trinajstić information content (AvgIpc) is 2.58. The first-order valence-corrected chi connectivity index (χ1v) is 7.26. The topological polar surface area (TPSA) is 46.5 Å². The number of cyclic esters (lactones) is 1. The number of esters is 1. The molecule has 0 aromatic heterocycles. The van der Waals surface area contributed by atoms with E-state index in [0.29, 0.717) is 5.57 Å². The molecule has 0 bridgehead atoms. The van der Waals surface area contributed by atoms with Crippen molar-refractivity contribution in [2.75, 3.05) is 0 Å². The Hall–Kier alpha value is -0.830. The Bertz CT molecular complexity index is 283. The molecule has 1 heterocycles. The number of carbonyl (C=O) groups is 1. The van der Waals surface area contributed by atoms with Crippen LogP contribution in [-0.4, -0.2) is 23.3 Å². The molecule has 1 rings (SSSR count). The summed E-state index contributed by atoms with van der Waals surface area (Å²) in [6.45, 7) is 3.94. The van der Waals surface area contributed by atoms with Gasteiger partial charge in [0.15, 0.2) is 0 Å². The largest absolute Gasteiger partial charge is 0.456 e. The van der Waals surface area contributed by atoms with E-state index in [1.165, 1.54) is 38.5 Å². The van der Waals surface area contributed by atoms with Gasteiger partial charge in [0.25, 0.3) is 0 Å². The molecular weight excluding hydrogens is 228 g/mol. The molecule has 1 fully saturated rings. The third-order valence-electron chi connectivity index (χ3n) is 3.46. The van der Waals surface area contributed by atoms with Gasteiger partial charge in [-0.1, -0.05) is 51.5 Å². The predicted octanol–water partition coefficient (Wildman–Crippen LogP) is 3.36. The molecule has 3 heteroatoms. The van der Waals surface area contributed by atoms with Crippen molar-refractivity contribution >= 4 is 5.97 Å². The summed E-state index contributed by atoms with van der Waals surface area (Å²) >= 11 is 0. The van der Waals surface area contributed by atoms with Crippen molar-refractivity contribution in [1.29, 1.82) is 0 Å². The minimum absolute atomic E-state index is 0.349. The van der Waals surface area contributed by atoms with Crippen LogP contribution in [0, 0.1) is 0 Å². The lowest BCUT2D eigenvalue weighted by Crippen LogP contribution is -2.17. The van der Waals surface area contributed by atoms with Gasteiger partial charge in [-0.3, -0.25) is 0 Å². The zero-order valence-corrected chi connectivity index (χ0v) is 11.7. The Morgan fingerprint density at radius 3 is 2.33 bits per heavy atom. The van der Waals surface area contributed by atoms with Crippen molar-refractivity contribution in [2.45, 2.75) is 77.4 Å². The van der Waals surface area contributed by atoms with Crippen LogP contribution in [0.3, 0.4) is 0 Å². The van der Waals surface area contributed by atoms with Crippen molar-refractivity contribution in [3.63, 3.8) is 0 Å². The molecule has 1 aliphatic heterocycles. The van der Waals surface area contributed by atoms with E-state index in [-0.39, 0.29) is 5.97 Å². The summed E-state index contributed by atoms with van der Waals surface area (Å²) in [6, 6.07) is 0. The molecule has 18 heavy (non-hydrogen) atoms. The molecule has 0 saturated carbocycles. The first-order valence-electron chi connectivity index (χ1n) is 7.26. The highest BCUT2D eigenvalue weighted by atomic mass is 16.6. The second-order valence-corrected chi connectivity index (χ2v) is 5.12. The van der Waals surface area contributed by atoms with Gasteiger partial charge in [-0.2, -0.15) is 0 Å². The molecule has 104 valence electrons. The molecule has 0 aromatic rings. The maximum absolute atomic E-state index is 11.4. The number of ether oxygens (including phenoxy) is 1. The highest BCUT2D eigenvalue weighted by Gasteiger charge is 2.34. The monoisotopic (exact) mass is 254 g/mol. The summed E-state index contributed by atoms with van der Waals surface area (Å²) in [6.07, 6.45) is 10.4. The molecule has 3 nitrogen and oxygen atoms in total. The Morgan fingerprint density at radius 1 is 1.17 bits per heavy atom. The van der Waals surface area contributed by atoms with Gasteiger partial charge >= 0.3 is 5.97 Å². The standard InChI is InChI=1S/C15H26O3/c1-3-4-5-6-7-8-9-10-11-13-14(16)12(2)18-15(13)17/h11-12,14,16H,3-10H2,1-2H3/b13-11+/t12-,14-/m1/s1. The third-order valence-corrected chi connectivity index (χ3v) is 3.46. The van der Waals surface area contributed by atoms with E-state index in [4.69, 9.17) is 4.74 Å². The molecule has 0 aliphatic carbocycles. The zero-order valence-electron chi connectivity index (χ0n) is 11.7. The maximum Gasteiger partial charge on any atom is 0.336 e. The number of aliphatic hydroxyl groups is 1. The summed E-state index contributed by atoms with van der Waals surface area (Å²) in [4.78, 5) is 11.4. The van der Waals surface area contributed by atoms with E-state index in [0.717, 1.165) is 12.8 Å². The van der Waals surface area contributed by atoms with Gasteiger partial charge in [-0.05, 0) is 19.8 Å². The van der Waals surface area contributed by atoms with E-state index in [1.54, 1.807) is 6.92 Å². The summed E-state index contributed by atoms with van der Waals surface area (Å²) in [7, 11) is 0. The molecule has 2 atom stereocenters. The van der Waals surface area contributed by atoms with Crippen molar-refractivity contribution in [3.05, 3.63) is 11.6 Å². The van der Waals surface area contributed by atoms with Crippen LogP contribution < -0.4 is 0 Å². The molecule has 1 aliphatic rings. The number of allylic oxidation sites excluding steroid dienone is 1. The van der Waals surface area contributed by atoms with E-state index in [1.807, 2.05) is 6.08 Å².